The topological polar surface area (TPSA) is 50.2 Å². The van der Waals surface area contributed by atoms with Crippen molar-refractivity contribution in [3.63, 3.8) is 0 Å². The second-order valence-corrected chi connectivity index (χ2v) is 17.8. The summed E-state index contributed by atoms with van der Waals surface area (Å²) in [5, 5.41) is 15.9. The van der Waals surface area contributed by atoms with Gasteiger partial charge in [0.25, 0.3) is 0 Å². The fourth-order valence-corrected chi connectivity index (χ4v) is 9.11. The average molecular weight is 923 g/mol. The third-order valence-electron chi connectivity index (χ3n) is 10.1. The first kappa shape index (κ1) is 42.6. The van der Waals surface area contributed by atoms with E-state index in [0.717, 1.165) is 54.3 Å². The molecule has 1 N–H and O–H groups in total. The second-order valence-electron chi connectivity index (χ2n) is 15.6. The van der Waals surface area contributed by atoms with Gasteiger partial charge >= 0.3 is 0 Å². The third-order valence-corrected chi connectivity index (χ3v) is 12.2. The number of aliphatic hydroxyl groups excluding tert-OH is 1. The van der Waals surface area contributed by atoms with Crippen LogP contribution in [0.2, 0.25) is 0 Å². The van der Waals surface area contributed by atoms with Crippen molar-refractivity contribution in [3.8, 4) is 22.4 Å². The molecule has 3 nitrogen and oxygen atoms in total. The van der Waals surface area contributed by atoms with Crippen LogP contribution >= 0.6 is 22.7 Å². The Kier molecular flexibility index (Phi) is 14.8. The SMILES string of the molecule is CCC(CC)C(=O)/C=C(\O)C(CC)CC.Cc1cc2nc(-c3[c-]c4ccccc4c(C(C)(C)C)c3)cc(-c3ccc4c(CC(C)C)csc4c3)c2s1.[Ir]. The van der Waals surface area contributed by atoms with Crippen LogP contribution in [0.25, 0.3) is 53.5 Å². The Hall–Kier alpha value is -3.15. The van der Waals surface area contributed by atoms with Crippen LogP contribution in [0.1, 0.15) is 104 Å². The first-order valence-corrected chi connectivity index (χ1v) is 20.8. The average Bonchev–Trinajstić information content (AvgIpc) is 3.69. The Morgan fingerprint density at radius 2 is 1.58 bits per heavy atom. The monoisotopic (exact) mass is 923 g/mol. The number of ketones is 1. The molecule has 6 aromatic rings. The number of aliphatic hydroxyl groups is 1. The van der Waals surface area contributed by atoms with Crippen molar-refractivity contribution in [2.24, 2.45) is 17.8 Å². The molecule has 3 aromatic carbocycles. The molecule has 0 atom stereocenters. The van der Waals surface area contributed by atoms with E-state index in [4.69, 9.17) is 4.98 Å². The smallest absolute Gasteiger partial charge is 0.162 e. The number of rotatable bonds is 11. The van der Waals surface area contributed by atoms with Crippen LogP contribution in [0, 0.1) is 30.7 Å². The van der Waals surface area contributed by atoms with Crippen LogP contribution < -0.4 is 0 Å². The number of carbonyl (C=O) groups excluding carboxylic acids is 1. The largest absolute Gasteiger partial charge is 0.512 e. The van der Waals surface area contributed by atoms with Crippen molar-refractivity contribution < 1.29 is 30.0 Å². The van der Waals surface area contributed by atoms with E-state index in [9.17, 15) is 9.90 Å². The molecule has 0 aliphatic heterocycles. The normalized spacial score (nSPS) is 12.2. The molecular formula is C47H56IrNO2S2-. The van der Waals surface area contributed by atoms with Gasteiger partial charge in [-0.25, -0.2) is 0 Å². The van der Waals surface area contributed by atoms with E-state index in [0.29, 0.717) is 5.92 Å². The van der Waals surface area contributed by atoms with Crippen LogP contribution in [0.5, 0.6) is 0 Å². The summed E-state index contributed by atoms with van der Waals surface area (Å²) < 4.78 is 2.62. The van der Waals surface area contributed by atoms with Gasteiger partial charge in [-0.05, 0) is 90.0 Å². The summed E-state index contributed by atoms with van der Waals surface area (Å²) in [7, 11) is 0. The van der Waals surface area contributed by atoms with Crippen LogP contribution in [-0.2, 0) is 36.7 Å². The molecule has 0 spiro atoms. The zero-order chi connectivity index (χ0) is 37.7. The molecule has 0 amide bonds. The van der Waals surface area contributed by atoms with Crippen LogP contribution in [-0.4, -0.2) is 15.9 Å². The summed E-state index contributed by atoms with van der Waals surface area (Å²) in [6.45, 7) is 21.7. The van der Waals surface area contributed by atoms with Gasteiger partial charge in [0.1, 0.15) is 0 Å². The number of carbonyl (C=O) groups is 1. The fourth-order valence-electron chi connectivity index (χ4n) is 7.11. The number of allylic oxidation sites excluding steroid dienone is 2. The molecule has 0 bridgehead atoms. The Bertz CT molecular complexity index is 2190. The molecule has 53 heavy (non-hydrogen) atoms. The zero-order valence-corrected chi connectivity index (χ0v) is 37.2. The van der Waals surface area contributed by atoms with Crippen molar-refractivity contribution in [2.45, 2.75) is 107 Å². The van der Waals surface area contributed by atoms with Crippen molar-refractivity contribution in [2.75, 3.05) is 0 Å². The maximum Gasteiger partial charge on any atom is 0.162 e. The van der Waals surface area contributed by atoms with Gasteiger partial charge in [-0.1, -0.05) is 110 Å². The van der Waals surface area contributed by atoms with Gasteiger partial charge in [0.15, 0.2) is 5.78 Å². The predicted octanol–water partition coefficient (Wildman–Crippen LogP) is 14.5. The summed E-state index contributed by atoms with van der Waals surface area (Å²) in [4.78, 5) is 18.2. The van der Waals surface area contributed by atoms with Crippen LogP contribution in [0.15, 0.2) is 77.9 Å². The van der Waals surface area contributed by atoms with Gasteiger partial charge in [-0.15, -0.1) is 51.8 Å². The van der Waals surface area contributed by atoms with Crippen LogP contribution in [0.3, 0.4) is 0 Å². The molecular weight excluding hydrogens is 867 g/mol. The molecule has 6 heteroatoms. The Balaban J connectivity index is 0.000000335. The number of hydrogen-bond acceptors (Lipinski definition) is 5. The van der Waals surface area contributed by atoms with E-state index >= 15 is 0 Å². The van der Waals surface area contributed by atoms with Gasteiger partial charge in [0.2, 0.25) is 0 Å². The summed E-state index contributed by atoms with van der Waals surface area (Å²) in [5.74, 6) is 1.20. The van der Waals surface area contributed by atoms with Gasteiger partial charge in [-0.3, -0.25) is 9.78 Å². The minimum Gasteiger partial charge on any atom is -0.512 e. The van der Waals surface area contributed by atoms with Crippen molar-refractivity contribution in [1.82, 2.24) is 4.98 Å². The van der Waals surface area contributed by atoms with Gasteiger partial charge in [0.05, 0.1) is 16.0 Å². The van der Waals surface area contributed by atoms with Crippen molar-refractivity contribution in [3.05, 3.63) is 99.9 Å². The van der Waals surface area contributed by atoms with Gasteiger partial charge in [0, 0.05) is 53.3 Å². The Morgan fingerprint density at radius 1 is 0.906 bits per heavy atom. The molecule has 0 saturated heterocycles. The molecule has 0 fully saturated rings. The van der Waals surface area contributed by atoms with E-state index in [-0.39, 0.29) is 48.9 Å². The summed E-state index contributed by atoms with van der Waals surface area (Å²) in [6.07, 6.45) is 6.03. The summed E-state index contributed by atoms with van der Waals surface area (Å²) >= 11 is 3.70. The number of nitrogens with zero attached hydrogens (tertiary/aromatic N) is 1. The number of hydrogen-bond donors (Lipinski definition) is 1. The van der Waals surface area contributed by atoms with E-state index in [1.165, 1.54) is 53.4 Å². The quantitative estimate of drug-likeness (QED) is 0.0800. The molecule has 0 saturated carbocycles. The number of fused-ring (bicyclic) bond motifs is 3. The maximum atomic E-state index is 11.7. The molecule has 3 aromatic heterocycles. The van der Waals surface area contributed by atoms with E-state index < -0.39 is 0 Å². The molecule has 1 radical (unpaired) electrons. The van der Waals surface area contributed by atoms with Crippen molar-refractivity contribution in [1.29, 1.82) is 0 Å². The first-order chi connectivity index (χ1) is 24.8. The standard InChI is InChI=1S/C34H32NS2.C13H24O2.Ir/c1-20(2)13-25-19-36-32-17-23(11-12-27(25)32)28-18-30(35-31-14-21(3)37-33(28)31)24-15-22-9-7-8-10-26(22)29(16-24)34(4,5)6;1-5-10(6-2)12(14)9-13(15)11(7-3)8-4;/h7-12,14,16-20H,13H2,1-6H3;9-11,14H,5-8H2,1-4H3;/q-1;;/b;12-9-;. The number of aryl methyl sites for hydroxylation is 1. The molecule has 3 heterocycles. The maximum absolute atomic E-state index is 11.7. The van der Waals surface area contributed by atoms with E-state index in [2.05, 4.69) is 114 Å². The van der Waals surface area contributed by atoms with Crippen molar-refractivity contribution >= 4 is 59.5 Å². The molecule has 0 aliphatic rings. The first-order valence-electron chi connectivity index (χ1n) is 19.1. The summed E-state index contributed by atoms with van der Waals surface area (Å²) in [5.41, 5.74) is 8.47. The summed E-state index contributed by atoms with van der Waals surface area (Å²) in [6, 6.07) is 26.1. The number of pyridine rings is 1. The predicted molar refractivity (Wildman–Crippen MR) is 228 cm³/mol. The van der Waals surface area contributed by atoms with E-state index in [1.807, 2.05) is 50.4 Å². The third kappa shape index (κ3) is 9.94. The van der Waals surface area contributed by atoms with E-state index in [1.54, 1.807) is 0 Å². The number of benzene rings is 3. The van der Waals surface area contributed by atoms with Crippen LogP contribution in [0.4, 0.5) is 0 Å². The number of aromatic nitrogens is 1. The fraction of sp³-hybridized carbons (Fsp3) is 0.404. The number of thiophene rings is 2. The molecule has 0 unspecified atom stereocenters. The second kappa shape index (κ2) is 18.5. The molecule has 0 aliphatic carbocycles. The molecule has 6 rings (SSSR count). The minimum atomic E-state index is 0. The van der Waals surface area contributed by atoms with Gasteiger partial charge < -0.3 is 5.11 Å². The van der Waals surface area contributed by atoms with Gasteiger partial charge in [-0.2, -0.15) is 0 Å². The molecule has 283 valence electrons. The zero-order valence-electron chi connectivity index (χ0n) is 33.1. The Labute approximate surface area is 339 Å². The Morgan fingerprint density at radius 3 is 2.23 bits per heavy atom. The minimum absolute atomic E-state index is 0.